The van der Waals surface area contributed by atoms with E-state index < -0.39 is 10.0 Å². The van der Waals surface area contributed by atoms with Crippen molar-refractivity contribution in [3.8, 4) is 0 Å². The predicted octanol–water partition coefficient (Wildman–Crippen LogP) is 1.34. The molecule has 0 amide bonds. The second kappa shape index (κ2) is 6.19. The highest BCUT2D eigenvalue weighted by Crippen LogP contribution is 2.31. The van der Waals surface area contributed by atoms with E-state index in [1.807, 2.05) is 7.05 Å². The summed E-state index contributed by atoms with van der Waals surface area (Å²) < 4.78 is 27.6. The fourth-order valence-corrected chi connectivity index (χ4v) is 5.39. The maximum Gasteiger partial charge on any atom is 0.242 e. The largest absolute Gasteiger partial charge is 0.326 e. The lowest BCUT2D eigenvalue weighted by Gasteiger charge is -2.15. The standard InChI is InChI=1S/C11H18BrN3O2S2/c1-15(8-2-3-8)5-4-14-19(16,17)10-6-9(7-13)18-11(10)12/h6,8,14H,2-5,7,13H2,1H3. The zero-order valence-electron chi connectivity index (χ0n) is 10.7. The lowest BCUT2D eigenvalue weighted by Crippen LogP contribution is -2.33. The summed E-state index contributed by atoms with van der Waals surface area (Å²) >= 11 is 4.64. The van der Waals surface area contributed by atoms with Crippen LogP contribution in [-0.4, -0.2) is 39.5 Å². The average Bonchev–Trinajstić information content (AvgIpc) is 3.12. The van der Waals surface area contributed by atoms with Crippen molar-refractivity contribution in [3.05, 3.63) is 14.7 Å². The van der Waals surface area contributed by atoms with Gasteiger partial charge >= 0.3 is 0 Å². The molecule has 1 aromatic rings. The van der Waals surface area contributed by atoms with Crippen molar-refractivity contribution in [3.63, 3.8) is 0 Å². The number of hydrogen-bond donors (Lipinski definition) is 2. The molecule has 0 aromatic carbocycles. The van der Waals surface area contributed by atoms with E-state index in [2.05, 4.69) is 25.6 Å². The van der Waals surface area contributed by atoms with E-state index in [1.165, 1.54) is 24.2 Å². The Morgan fingerprint density at radius 2 is 2.26 bits per heavy atom. The maximum atomic E-state index is 12.2. The molecule has 3 N–H and O–H groups in total. The van der Waals surface area contributed by atoms with Crippen molar-refractivity contribution < 1.29 is 8.42 Å². The first kappa shape index (κ1) is 15.4. The lowest BCUT2D eigenvalue weighted by atomic mass is 10.5. The quantitative estimate of drug-likeness (QED) is 0.762. The molecule has 5 nitrogen and oxygen atoms in total. The number of likely N-dealkylation sites (N-methyl/N-ethyl adjacent to an activating group) is 1. The summed E-state index contributed by atoms with van der Waals surface area (Å²) in [6.07, 6.45) is 2.44. The number of halogens is 1. The zero-order chi connectivity index (χ0) is 14.0. The molecule has 0 radical (unpaired) electrons. The summed E-state index contributed by atoms with van der Waals surface area (Å²) in [5.41, 5.74) is 5.52. The summed E-state index contributed by atoms with van der Waals surface area (Å²) in [5.74, 6) is 0. The van der Waals surface area contributed by atoms with Gasteiger partial charge in [0.1, 0.15) is 4.90 Å². The van der Waals surface area contributed by atoms with Crippen LogP contribution >= 0.6 is 27.3 Å². The molecule has 0 bridgehead atoms. The van der Waals surface area contributed by atoms with Gasteiger partial charge in [-0.2, -0.15) is 0 Å². The number of sulfonamides is 1. The molecule has 19 heavy (non-hydrogen) atoms. The fraction of sp³-hybridized carbons (Fsp3) is 0.636. The molecule has 2 rings (SSSR count). The Bertz CT molecular complexity index is 540. The molecule has 1 aliphatic carbocycles. The topological polar surface area (TPSA) is 75.4 Å². The van der Waals surface area contributed by atoms with Gasteiger partial charge < -0.3 is 10.6 Å². The number of nitrogens with two attached hydrogens (primary N) is 1. The number of nitrogens with zero attached hydrogens (tertiary/aromatic N) is 1. The molecule has 1 saturated carbocycles. The van der Waals surface area contributed by atoms with Crippen LogP contribution in [0, 0.1) is 0 Å². The molecule has 0 atom stereocenters. The smallest absolute Gasteiger partial charge is 0.242 e. The zero-order valence-corrected chi connectivity index (χ0v) is 13.9. The third kappa shape index (κ3) is 3.99. The number of hydrogen-bond acceptors (Lipinski definition) is 5. The van der Waals surface area contributed by atoms with Crippen LogP contribution in [0.5, 0.6) is 0 Å². The third-order valence-corrected chi connectivity index (χ3v) is 6.86. The first-order valence-corrected chi connectivity index (χ1v) is 9.21. The van der Waals surface area contributed by atoms with Crippen molar-refractivity contribution in [1.82, 2.24) is 9.62 Å². The summed E-state index contributed by atoms with van der Waals surface area (Å²) in [6, 6.07) is 2.27. The van der Waals surface area contributed by atoms with Crippen LogP contribution < -0.4 is 10.5 Å². The predicted molar refractivity (Wildman–Crippen MR) is 80.8 cm³/mol. The molecule has 1 aromatic heterocycles. The summed E-state index contributed by atoms with van der Waals surface area (Å²) in [5, 5.41) is 0. The minimum atomic E-state index is -3.45. The van der Waals surface area contributed by atoms with Crippen molar-refractivity contribution in [1.29, 1.82) is 0 Å². The molecule has 1 aliphatic rings. The first-order valence-electron chi connectivity index (χ1n) is 6.12. The Morgan fingerprint density at radius 1 is 1.58 bits per heavy atom. The van der Waals surface area contributed by atoms with Crippen molar-refractivity contribution in [2.45, 2.75) is 30.3 Å². The monoisotopic (exact) mass is 367 g/mol. The van der Waals surface area contributed by atoms with Crippen LogP contribution in [0.2, 0.25) is 0 Å². The molecular formula is C11H18BrN3O2S2. The van der Waals surface area contributed by atoms with Gasteiger partial charge in [-0.1, -0.05) is 0 Å². The molecule has 0 aliphatic heterocycles. The highest BCUT2D eigenvalue weighted by Gasteiger charge is 2.26. The molecule has 8 heteroatoms. The SMILES string of the molecule is CN(CCNS(=O)(=O)c1cc(CN)sc1Br)C1CC1. The fourth-order valence-electron chi connectivity index (χ4n) is 1.81. The van der Waals surface area contributed by atoms with Crippen LogP contribution in [0.3, 0.4) is 0 Å². The van der Waals surface area contributed by atoms with Crippen LogP contribution in [0.15, 0.2) is 14.7 Å². The Labute approximate surface area is 126 Å². The van der Waals surface area contributed by atoms with E-state index in [0.29, 0.717) is 22.9 Å². The van der Waals surface area contributed by atoms with Crippen molar-refractivity contribution in [2.75, 3.05) is 20.1 Å². The molecule has 108 valence electrons. The Hall–Kier alpha value is 0.01000. The Balaban J connectivity index is 1.94. The number of thiophene rings is 1. The van der Waals surface area contributed by atoms with Gasteiger partial charge in [-0.25, -0.2) is 13.1 Å². The second-order valence-corrected chi connectivity index (χ2v) is 8.85. The Morgan fingerprint density at radius 3 is 2.79 bits per heavy atom. The van der Waals surface area contributed by atoms with Crippen molar-refractivity contribution >= 4 is 37.3 Å². The van der Waals surface area contributed by atoms with E-state index >= 15 is 0 Å². The van der Waals surface area contributed by atoms with Gasteiger partial charge in [-0.3, -0.25) is 0 Å². The average molecular weight is 368 g/mol. The second-order valence-electron chi connectivity index (χ2n) is 4.66. The molecule has 1 fully saturated rings. The summed E-state index contributed by atoms with van der Waals surface area (Å²) in [4.78, 5) is 3.32. The number of nitrogens with one attached hydrogen (secondary N) is 1. The highest BCUT2D eigenvalue weighted by atomic mass is 79.9. The van der Waals surface area contributed by atoms with E-state index in [0.717, 1.165) is 11.4 Å². The van der Waals surface area contributed by atoms with Gasteiger partial charge in [0.25, 0.3) is 0 Å². The summed E-state index contributed by atoms with van der Waals surface area (Å²) in [6.45, 7) is 1.51. The first-order chi connectivity index (χ1) is 8.94. The van der Waals surface area contributed by atoms with E-state index in [1.54, 1.807) is 6.07 Å². The van der Waals surface area contributed by atoms with Crippen LogP contribution in [0.4, 0.5) is 0 Å². The summed E-state index contributed by atoms with van der Waals surface area (Å²) in [7, 11) is -1.42. The molecule has 0 spiro atoms. The third-order valence-electron chi connectivity index (χ3n) is 3.12. The molecule has 0 saturated heterocycles. The van der Waals surface area contributed by atoms with E-state index in [-0.39, 0.29) is 4.90 Å². The van der Waals surface area contributed by atoms with Gasteiger partial charge in [-0.05, 0) is 41.9 Å². The number of rotatable bonds is 7. The van der Waals surface area contributed by atoms with E-state index in [4.69, 9.17) is 5.73 Å². The maximum absolute atomic E-state index is 12.2. The minimum Gasteiger partial charge on any atom is -0.326 e. The highest BCUT2D eigenvalue weighted by molar-refractivity contribution is 9.11. The van der Waals surface area contributed by atoms with Crippen LogP contribution in [-0.2, 0) is 16.6 Å². The van der Waals surface area contributed by atoms with Gasteiger partial charge in [0.15, 0.2) is 0 Å². The van der Waals surface area contributed by atoms with Gasteiger partial charge in [0.05, 0.1) is 3.79 Å². The molecule has 0 unspecified atom stereocenters. The molecule has 1 heterocycles. The lowest BCUT2D eigenvalue weighted by molar-refractivity contribution is 0.329. The van der Waals surface area contributed by atoms with Crippen LogP contribution in [0.1, 0.15) is 17.7 Å². The molecular weight excluding hydrogens is 350 g/mol. The van der Waals surface area contributed by atoms with E-state index in [9.17, 15) is 8.42 Å². The normalized spacial score (nSPS) is 16.2. The van der Waals surface area contributed by atoms with Gasteiger partial charge in [0, 0.05) is 30.6 Å². The Kier molecular flexibility index (Phi) is 5.02. The van der Waals surface area contributed by atoms with Crippen LogP contribution in [0.25, 0.3) is 0 Å². The van der Waals surface area contributed by atoms with Gasteiger partial charge in [0.2, 0.25) is 10.0 Å². The van der Waals surface area contributed by atoms with Crippen molar-refractivity contribution in [2.24, 2.45) is 5.73 Å². The minimum absolute atomic E-state index is 0.284. The van der Waals surface area contributed by atoms with Gasteiger partial charge in [-0.15, -0.1) is 11.3 Å².